The second-order valence-electron chi connectivity index (χ2n) is 6.91. The van der Waals surface area contributed by atoms with Crippen LogP contribution in [0.3, 0.4) is 0 Å². The molecule has 0 radical (unpaired) electrons. The van der Waals surface area contributed by atoms with Crippen molar-refractivity contribution in [3.05, 3.63) is 35.7 Å². The summed E-state index contributed by atoms with van der Waals surface area (Å²) in [5.74, 6) is -0.859. The Morgan fingerprint density at radius 3 is 2.82 bits per heavy atom. The second kappa shape index (κ2) is 8.15. The number of hydrogen-bond donors (Lipinski definition) is 0. The first-order valence-electron chi connectivity index (χ1n) is 9.02. The number of alkyl halides is 3. The molecule has 2 aromatic rings. The summed E-state index contributed by atoms with van der Waals surface area (Å²) in [6.07, 6.45) is -3.71. The molecule has 0 bridgehead atoms. The van der Waals surface area contributed by atoms with Gasteiger partial charge < -0.3 is 9.64 Å². The van der Waals surface area contributed by atoms with Gasteiger partial charge in [0.05, 0.1) is 13.0 Å². The predicted molar refractivity (Wildman–Crippen MR) is 93.6 cm³/mol. The van der Waals surface area contributed by atoms with Gasteiger partial charge in [0.1, 0.15) is 17.6 Å². The molecule has 10 heteroatoms. The zero-order chi connectivity index (χ0) is 20.3. The van der Waals surface area contributed by atoms with Gasteiger partial charge in [-0.05, 0) is 47.9 Å². The third kappa shape index (κ3) is 4.42. The number of amides is 1. The average Bonchev–Trinajstić information content (AvgIpc) is 3.11. The zero-order valence-corrected chi connectivity index (χ0v) is 15.7. The lowest BCUT2D eigenvalue weighted by Gasteiger charge is -2.35. The summed E-state index contributed by atoms with van der Waals surface area (Å²) in [6, 6.07) is 6.37. The Morgan fingerprint density at radius 1 is 1.39 bits per heavy atom. The third-order valence-corrected chi connectivity index (χ3v) is 5.00. The van der Waals surface area contributed by atoms with Crippen LogP contribution >= 0.6 is 0 Å². The molecule has 2 unspecified atom stereocenters. The molecule has 0 N–H and O–H groups in total. The van der Waals surface area contributed by atoms with Gasteiger partial charge in [-0.15, -0.1) is 5.10 Å². The number of aromatic nitrogens is 4. The smallest absolute Gasteiger partial charge is 0.393 e. The highest BCUT2D eigenvalue weighted by atomic mass is 19.4. The number of benzene rings is 1. The molecule has 1 saturated heterocycles. The second-order valence-corrected chi connectivity index (χ2v) is 6.91. The summed E-state index contributed by atoms with van der Waals surface area (Å²) < 4.78 is 46.1. The molecule has 0 saturated carbocycles. The molecule has 2 heterocycles. The summed E-state index contributed by atoms with van der Waals surface area (Å²) in [6.45, 7) is 1.61. The number of piperidine rings is 1. The van der Waals surface area contributed by atoms with E-state index < -0.39 is 24.0 Å². The minimum atomic E-state index is -4.31. The first kappa shape index (κ1) is 20.1. The fourth-order valence-electron chi connectivity index (χ4n) is 3.48. The van der Waals surface area contributed by atoms with E-state index in [1.54, 1.807) is 25.1 Å². The van der Waals surface area contributed by atoms with E-state index in [1.807, 2.05) is 6.07 Å². The van der Waals surface area contributed by atoms with Crippen molar-refractivity contribution < 1.29 is 22.7 Å². The molecule has 0 aliphatic carbocycles. The Hall–Kier alpha value is -2.65. The number of nitrogens with zero attached hydrogens (tertiary/aromatic N) is 5. The van der Waals surface area contributed by atoms with E-state index in [1.165, 1.54) is 16.7 Å². The maximum Gasteiger partial charge on any atom is 0.393 e. The summed E-state index contributed by atoms with van der Waals surface area (Å²) in [7, 11) is 1.54. The summed E-state index contributed by atoms with van der Waals surface area (Å²) >= 11 is 0. The van der Waals surface area contributed by atoms with Crippen LogP contribution in [-0.2, 0) is 11.2 Å². The van der Waals surface area contributed by atoms with Crippen LogP contribution in [0.15, 0.2) is 24.3 Å². The molecule has 152 valence electrons. The van der Waals surface area contributed by atoms with E-state index in [4.69, 9.17) is 4.74 Å². The van der Waals surface area contributed by atoms with E-state index >= 15 is 0 Å². The van der Waals surface area contributed by atoms with Gasteiger partial charge in [0.15, 0.2) is 0 Å². The Labute approximate surface area is 160 Å². The maximum atomic E-state index is 13.2. The third-order valence-electron chi connectivity index (χ3n) is 5.00. The lowest BCUT2D eigenvalue weighted by atomic mass is 9.96. The van der Waals surface area contributed by atoms with Crippen LogP contribution in [0.4, 0.5) is 13.2 Å². The topological polar surface area (TPSA) is 73.1 Å². The molecule has 1 aromatic heterocycles. The molecule has 1 fully saturated rings. The number of methoxy groups -OCH3 is 1. The largest absolute Gasteiger partial charge is 0.497 e. The molecule has 1 aliphatic heterocycles. The minimum absolute atomic E-state index is 0.0394. The fourth-order valence-corrected chi connectivity index (χ4v) is 3.48. The van der Waals surface area contributed by atoms with Crippen LogP contribution in [0, 0.1) is 12.8 Å². The lowest BCUT2D eigenvalue weighted by molar-refractivity contribution is -0.188. The van der Waals surface area contributed by atoms with Gasteiger partial charge in [0, 0.05) is 19.5 Å². The van der Waals surface area contributed by atoms with Crippen LogP contribution in [0.2, 0.25) is 0 Å². The molecule has 1 aliphatic rings. The van der Waals surface area contributed by atoms with Gasteiger partial charge in [-0.3, -0.25) is 4.79 Å². The van der Waals surface area contributed by atoms with E-state index in [9.17, 15) is 18.0 Å². The predicted octanol–water partition coefficient (Wildman–Crippen LogP) is 2.57. The first-order chi connectivity index (χ1) is 13.3. The number of aryl methyl sites for hydroxylation is 1. The SMILES string of the molecule is COc1cccc(CC(C(=O)N2CCCC(C(F)(F)F)C2)n2nnnc2C)c1. The number of likely N-dealkylation sites (tertiary alicyclic amines) is 1. The molecule has 28 heavy (non-hydrogen) atoms. The van der Waals surface area contributed by atoms with Crippen molar-refractivity contribution >= 4 is 5.91 Å². The van der Waals surface area contributed by atoms with E-state index in [2.05, 4.69) is 15.5 Å². The van der Waals surface area contributed by atoms with Crippen molar-refractivity contribution in [3.63, 3.8) is 0 Å². The molecule has 0 spiro atoms. The summed E-state index contributed by atoms with van der Waals surface area (Å²) in [5.41, 5.74) is 0.803. The Kier molecular flexibility index (Phi) is 5.85. The van der Waals surface area contributed by atoms with Gasteiger partial charge >= 0.3 is 6.18 Å². The number of rotatable bonds is 5. The van der Waals surface area contributed by atoms with E-state index in [0.717, 1.165) is 5.56 Å². The maximum absolute atomic E-state index is 13.2. The molecule has 2 atom stereocenters. The summed E-state index contributed by atoms with van der Waals surface area (Å²) in [5, 5.41) is 11.3. The van der Waals surface area contributed by atoms with Crippen LogP contribution < -0.4 is 4.74 Å². The van der Waals surface area contributed by atoms with Gasteiger partial charge in [0.25, 0.3) is 0 Å². The summed E-state index contributed by atoms with van der Waals surface area (Å²) in [4.78, 5) is 14.5. The van der Waals surface area contributed by atoms with Gasteiger partial charge in [0.2, 0.25) is 5.91 Å². The first-order valence-corrected chi connectivity index (χ1v) is 9.02. The minimum Gasteiger partial charge on any atom is -0.497 e. The fraction of sp³-hybridized carbons (Fsp3) is 0.556. The Balaban J connectivity index is 1.86. The molecule has 7 nitrogen and oxygen atoms in total. The Bertz CT molecular complexity index is 824. The normalized spacial score (nSPS) is 18.8. The average molecular weight is 397 g/mol. The van der Waals surface area contributed by atoms with Crippen molar-refractivity contribution in [2.45, 2.75) is 38.4 Å². The van der Waals surface area contributed by atoms with Crippen molar-refractivity contribution in [1.82, 2.24) is 25.1 Å². The number of tetrazole rings is 1. The monoisotopic (exact) mass is 397 g/mol. The number of halogens is 3. The van der Waals surface area contributed by atoms with Gasteiger partial charge in [-0.2, -0.15) is 13.2 Å². The molecule has 1 aromatic carbocycles. The van der Waals surface area contributed by atoms with Crippen LogP contribution in [0.25, 0.3) is 0 Å². The van der Waals surface area contributed by atoms with Crippen molar-refractivity contribution in [2.75, 3.05) is 20.2 Å². The number of carbonyl (C=O) groups excluding carboxylic acids is 1. The highest BCUT2D eigenvalue weighted by molar-refractivity contribution is 5.81. The molecular weight excluding hydrogens is 375 g/mol. The van der Waals surface area contributed by atoms with Crippen LogP contribution in [-0.4, -0.2) is 57.4 Å². The molecule has 3 rings (SSSR count). The standard InChI is InChI=1S/C18H22F3N5O2/c1-12-22-23-24-26(12)16(10-13-5-3-7-15(9-13)28-2)17(27)25-8-4-6-14(11-25)18(19,20)21/h3,5,7,9,14,16H,4,6,8,10-11H2,1-2H3. The molecule has 1 amide bonds. The highest BCUT2D eigenvalue weighted by Gasteiger charge is 2.43. The molecular formula is C18H22F3N5O2. The van der Waals surface area contributed by atoms with E-state index in [0.29, 0.717) is 24.5 Å². The van der Waals surface area contributed by atoms with Crippen LogP contribution in [0.5, 0.6) is 5.75 Å². The van der Waals surface area contributed by atoms with Crippen molar-refractivity contribution in [2.24, 2.45) is 5.92 Å². The number of carbonyl (C=O) groups is 1. The van der Waals surface area contributed by atoms with Gasteiger partial charge in [-0.1, -0.05) is 12.1 Å². The van der Waals surface area contributed by atoms with Crippen LogP contribution in [0.1, 0.15) is 30.3 Å². The number of hydrogen-bond acceptors (Lipinski definition) is 5. The quantitative estimate of drug-likeness (QED) is 0.775. The van der Waals surface area contributed by atoms with Gasteiger partial charge in [-0.25, -0.2) is 4.68 Å². The van der Waals surface area contributed by atoms with Crippen molar-refractivity contribution in [1.29, 1.82) is 0 Å². The Morgan fingerprint density at radius 2 is 2.18 bits per heavy atom. The highest BCUT2D eigenvalue weighted by Crippen LogP contribution is 2.34. The number of ether oxygens (including phenoxy) is 1. The van der Waals surface area contributed by atoms with E-state index in [-0.39, 0.29) is 19.4 Å². The van der Waals surface area contributed by atoms with Crippen molar-refractivity contribution in [3.8, 4) is 5.75 Å². The lowest BCUT2D eigenvalue weighted by Crippen LogP contribution is -2.47. The zero-order valence-electron chi connectivity index (χ0n) is 15.7.